The lowest BCUT2D eigenvalue weighted by Crippen LogP contribution is -2.42. The van der Waals surface area contributed by atoms with Crippen molar-refractivity contribution < 1.29 is 9.59 Å². The summed E-state index contributed by atoms with van der Waals surface area (Å²) in [6, 6.07) is 10.4. The van der Waals surface area contributed by atoms with Gasteiger partial charge in [0.25, 0.3) is 5.91 Å². The van der Waals surface area contributed by atoms with Crippen LogP contribution in [0.3, 0.4) is 0 Å². The molecule has 1 unspecified atom stereocenters. The number of amides is 1. The highest BCUT2D eigenvalue weighted by Crippen LogP contribution is 2.34. The maximum Gasteiger partial charge on any atom is 0.257 e. The summed E-state index contributed by atoms with van der Waals surface area (Å²) < 4.78 is 1.76. The summed E-state index contributed by atoms with van der Waals surface area (Å²) in [5.74, 6) is -0.00246. The first-order chi connectivity index (χ1) is 14.2. The highest BCUT2D eigenvalue weighted by molar-refractivity contribution is 6.11. The average molecular weight is 387 g/mol. The van der Waals surface area contributed by atoms with Crippen LogP contribution in [-0.2, 0) is 19.4 Å². The smallest absolute Gasteiger partial charge is 0.257 e. The fraction of sp³-hybridized carbons (Fsp3) is 0.375. The quantitative estimate of drug-likeness (QED) is 0.638. The van der Waals surface area contributed by atoms with Crippen LogP contribution in [0.15, 0.2) is 42.7 Å². The standard InChI is InChI=1S/C24H25N3O2/c1-2-27-15-19(13-25-27)24(29)26-12-4-6-18(14-26)23(28)21-11-10-17-9-8-16-5-3-7-20(21)22(16)17/h3,5,7,10-11,13,15,18H,2,4,6,8-9,12,14H2,1H3. The number of aryl methyl sites for hydroxylation is 3. The molecule has 5 rings (SSSR count). The number of hydrogen-bond donors (Lipinski definition) is 0. The molecule has 1 aliphatic heterocycles. The fourth-order valence-electron chi connectivity index (χ4n) is 4.89. The van der Waals surface area contributed by atoms with E-state index in [-0.39, 0.29) is 17.6 Å². The number of carbonyl (C=O) groups is 2. The molecule has 0 bridgehead atoms. The van der Waals surface area contributed by atoms with Gasteiger partial charge in [0.2, 0.25) is 0 Å². The van der Waals surface area contributed by atoms with Gasteiger partial charge in [-0.1, -0.05) is 30.3 Å². The summed E-state index contributed by atoms with van der Waals surface area (Å²) in [5.41, 5.74) is 4.11. The average Bonchev–Trinajstić information content (AvgIpc) is 3.42. The third kappa shape index (κ3) is 3.05. The summed E-state index contributed by atoms with van der Waals surface area (Å²) >= 11 is 0. The van der Waals surface area contributed by atoms with Crippen LogP contribution < -0.4 is 0 Å². The van der Waals surface area contributed by atoms with E-state index in [0.717, 1.165) is 43.2 Å². The topological polar surface area (TPSA) is 55.2 Å². The van der Waals surface area contributed by atoms with Crippen LogP contribution in [0.25, 0.3) is 10.8 Å². The molecule has 5 heteroatoms. The van der Waals surface area contributed by atoms with E-state index in [1.165, 1.54) is 16.5 Å². The highest BCUT2D eigenvalue weighted by atomic mass is 16.2. The summed E-state index contributed by atoms with van der Waals surface area (Å²) in [6.07, 6.45) is 7.21. The Kier molecular flexibility index (Phi) is 4.46. The Morgan fingerprint density at radius 2 is 1.97 bits per heavy atom. The monoisotopic (exact) mass is 387 g/mol. The van der Waals surface area contributed by atoms with Gasteiger partial charge in [0.15, 0.2) is 5.78 Å². The number of nitrogens with zero attached hydrogens (tertiary/aromatic N) is 3. The first kappa shape index (κ1) is 18.1. The molecule has 1 amide bonds. The molecule has 1 fully saturated rings. The van der Waals surface area contributed by atoms with E-state index in [1.54, 1.807) is 17.1 Å². The van der Waals surface area contributed by atoms with Crippen LogP contribution in [0, 0.1) is 5.92 Å². The van der Waals surface area contributed by atoms with E-state index in [2.05, 4.69) is 29.4 Å². The minimum absolute atomic E-state index is 0.0254. The molecular formula is C24H25N3O2. The fourth-order valence-corrected chi connectivity index (χ4v) is 4.89. The molecule has 148 valence electrons. The highest BCUT2D eigenvalue weighted by Gasteiger charge is 2.31. The molecule has 1 saturated heterocycles. The Bertz CT molecular complexity index is 1100. The predicted octanol–water partition coefficient (Wildman–Crippen LogP) is 3.89. The maximum absolute atomic E-state index is 13.5. The lowest BCUT2D eigenvalue weighted by Gasteiger charge is -2.32. The van der Waals surface area contributed by atoms with Crippen LogP contribution >= 0.6 is 0 Å². The van der Waals surface area contributed by atoms with Crippen molar-refractivity contribution in [2.24, 2.45) is 5.92 Å². The Balaban J connectivity index is 1.41. The van der Waals surface area contributed by atoms with E-state index < -0.39 is 0 Å². The van der Waals surface area contributed by atoms with Crippen molar-refractivity contribution in [2.45, 2.75) is 39.2 Å². The Morgan fingerprint density at radius 1 is 1.14 bits per heavy atom. The Labute approximate surface area is 170 Å². The molecule has 29 heavy (non-hydrogen) atoms. The molecule has 1 atom stereocenters. The van der Waals surface area contributed by atoms with E-state index >= 15 is 0 Å². The van der Waals surface area contributed by atoms with Crippen LogP contribution in [0.2, 0.25) is 0 Å². The van der Waals surface area contributed by atoms with Gasteiger partial charge in [-0.3, -0.25) is 14.3 Å². The van der Waals surface area contributed by atoms with Gasteiger partial charge < -0.3 is 4.90 Å². The van der Waals surface area contributed by atoms with Crippen molar-refractivity contribution >= 4 is 22.5 Å². The number of aromatic nitrogens is 2. The first-order valence-corrected chi connectivity index (χ1v) is 10.5. The van der Waals surface area contributed by atoms with Crippen LogP contribution in [-0.4, -0.2) is 39.5 Å². The number of ketones is 1. The van der Waals surface area contributed by atoms with E-state index in [9.17, 15) is 9.59 Å². The van der Waals surface area contributed by atoms with Crippen LogP contribution in [0.4, 0.5) is 0 Å². The zero-order chi connectivity index (χ0) is 20.0. The normalized spacial score (nSPS) is 18.4. The first-order valence-electron chi connectivity index (χ1n) is 10.5. The number of likely N-dealkylation sites (tertiary alicyclic amines) is 1. The lowest BCUT2D eigenvalue weighted by molar-refractivity contribution is 0.0637. The number of hydrogen-bond acceptors (Lipinski definition) is 3. The van der Waals surface area contributed by atoms with Gasteiger partial charge in [-0.25, -0.2) is 0 Å². The van der Waals surface area contributed by atoms with Crippen molar-refractivity contribution in [1.29, 1.82) is 0 Å². The molecule has 2 heterocycles. The van der Waals surface area contributed by atoms with Gasteiger partial charge in [0.05, 0.1) is 11.8 Å². The Hall–Kier alpha value is -2.95. The molecule has 1 aliphatic carbocycles. The molecule has 0 radical (unpaired) electrons. The minimum atomic E-state index is -0.146. The zero-order valence-corrected chi connectivity index (χ0v) is 16.7. The molecule has 2 aromatic carbocycles. The summed E-state index contributed by atoms with van der Waals surface area (Å²) in [5, 5.41) is 6.56. The summed E-state index contributed by atoms with van der Waals surface area (Å²) in [7, 11) is 0. The van der Waals surface area contributed by atoms with Crippen molar-refractivity contribution in [2.75, 3.05) is 13.1 Å². The van der Waals surface area contributed by atoms with Crippen molar-refractivity contribution in [3.05, 3.63) is 65.0 Å². The third-order valence-corrected chi connectivity index (χ3v) is 6.43. The molecule has 5 nitrogen and oxygen atoms in total. The third-order valence-electron chi connectivity index (χ3n) is 6.43. The molecule has 1 aromatic heterocycles. The van der Waals surface area contributed by atoms with Gasteiger partial charge in [0.1, 0.15) is 0 Å². The van der Waals surface area contributed by atoms with Gasteiger partial charge in [-0.05, 0) is 54.5 Å². The van der Waals surface area contributed by atoms with Crippen LogP contribution in [0.1, 0.15) is 51.6 Å². The van der Waals surface area contributed by atoms with Crippen molar-refractivity contribution in [3.8, 4) is 0 Å². The molecule has 0 N–H and O–H groups in total. The summed E-state index contributed by atoms with van der Waals surface area (Å²) in [4.78, 5) is 28.2. The van der Waals surface area contributed by atoms with Gasteiger partial charge in [-0.2, -0.15) is 5.10 Å². The van der Waals surface area contributed by atoms with E-state index in [4.69, 9.17) is 0 Å². The van der Waals surface area contributed by atoms with Crippen molar-refractivity contribution in [3.63, 3.8) is 0 Å². The second kappa shape index (κ2) is 7.14. The second-order valence-corrected chi connectivity index (χ2v) is 8.15. The van der Waals surface area contributed by atoms with Crippen molar-refractivity contribution in [1.82, 2.24) is 14.7 Å². The molecule has 3 aromatic rings. The maximum atomic E-state index is 13.5. The Morgan fingerprint density at radius 3 is 2.76 bits per heavy atom. The molecule has 0 saturated carbocycles. The van der Waals surface area contributed by atoms with Gasteiger partial charge in [0, 0.05) is 37.3 Å². The van der Waals surface area contributed by atoms with E-state index in [0.29, 0.717) is 18.7 Å². The molecule has 0 spiro atoms. The molecular weight excluding hydrogens is 362 g/mol. The van der Waals surface area contributed by atoms with Gasteiger partial charge >= 0.3 is 0 Å². The number of Topliss-reactive ketones (excluding diaryl/α,β-unsaturated/α-hetero) is 1. The zero-order valence-electron chi connectivity index (χ0n) is 16.7. The minimum Gasteiger partial charge on any atom is -0.338 e. The second-order valence-electron chi connectivity index (χ2n) is 8.15. The number of piperidine rings is 1. The largest absolute Gasteiger partial charge is 0.338 e. The summed E-state index contributed by atoms with van der Waals surface area (Å²) in [6.45, 7) is 3.91. The number of benzene rings is 2. The lowest BCUT2D eigenvalue weighted by atomic mass is 9.87. The van der Waals surface area contributed by atoms with E-state index in [1.807, 2.05) is 17.9 Å². The van der Waals surface area contributed by atoms with Crippen LogP contribution in [0.5, 0.6) is 0 Å². The number of carbonyl (C=O) groups excluding carboxylic acids is 2. The SMILES string of the molecule is CCn1cc(C(=O)N2CCCC(C(=O)c3ccc4c5c(cccc35)CC4)C2)cn1. The van der Waals surface area contributed by atoms with Gasteiger partial charge in [-0.15, -0.1) is 0 Å². The predicted molar refractivity (Wildman–Crippen MR) is 112 cm³/mol. The number of rotatable bonds is 4. The molecule has 2 aliphatic rings.